The summed E-state index contributed by atoms with van der Waals surface area (Å²) < 4.78 is 20.7. The van der Waals surface area contributed by atoms with Crippen LogP contribution in [0.15, 0.2) is 35.4 Å². The fourth-order valence-corrected chi connectivity index (χ4v) is 2.38. The second-order valence-corrected chi connectivity index (χ2v) is 5.40. The number of carbonyl (C=O) groups excluding carboxylic acids is 1. The normalized spacial score (nSPS) is 10.5. The van der Waals surface area contributed by atoms with Crippen molar-refractivity contribution in [3.8, 4) is 23.0 Å². The Balaban J connectivity index is 2.17. The zero-order valence-electron chi connectivity index (χ0n) is 14.8. The predicted octanol–water partition coefficient (Wildman–Crippen LogP) is 3.14. The van der Waals surface area contributed by atoms with E-state index in [2.05, 4.69) is 10.5 Å². The molecule has 0 aliphatic carbocycles. The number of hydrogen-bond donors (Lipinski definition) is 1. The maximum atomic E-state index is 12.3. The van der Waals surface area contributed by atoms with Crippen molar-refractivity contribution >= 4 is 23.7 Å². The van der Waals surface area contributed by atoms with Crippen molar-refractivity contribution in [1.82, 2.24) is 5.43 Å². The molecular weight excluding hydrogens is 360 g/mol. The Labute approximate surface area is 156 Å². The van der Waals surface area contributed by atoms with Gasteiger partial charge in [0.05, 0.1) is 45.2 Å². The van der Waals surface area contributed by atoms with Crippen molar-refractivity contribution in [2.24, 2.45) is 5.10 Å². The minimum atomic E-state index is -0.433. The van der Waals surface area contributed by atoms with E-state index in [1.54, 1.807) is 30.3 Å². The molecule has 2 aromatic rings. The molecule has 26 heavy (non-hydrogen) atoms. The summed E-state index contributed by atoms with van der Waals surface area (Å²) in [7, 11) is 6.04. The van der Waals surface area contributed by atoms with Gasteiger partial charge in [0.15, 0.2) is 11.5 Å². The Kier molecular flexibility index (Phi) is 6.68. The summed E-state index contributed by atoms with van der Waals surface area (Å²) in [6.07, 6.45) is 1.41. The third-order valence-electron chi connectivity index (χ3n) is 3.53. The zero-order valence-corrected chi connectivity index (χ0v) is 15.6. The van der Waals surface area contributed by atoms with Crippen LogP contribution in [0.4, 0.5) is 0 Å². The molecule has 0 radical (unpaired) electrons. The highest BCUT2D eigenvalue weighted by Gasteiger charge is 2.13. The van der Waals surface area contributed by atoms with Crippen LogP contribution < -0.4 is 24.4 Å². The van der Waals surface area contributed by atoms with Gasteiger partial charge in [-0.25, -0.2) is 5.43 Å². The molecule has 0 unspecified atom stereocenters. The molecule has 8 heteroatoms. The van der Waals surface area contributed by atoms with Crippen molar-refractivity contribution in [2.75, 3.05) is 28.4 Å². The molecule has 0 aliphatic heterocycles. The smallest absolute Gasteiger partial charge is 0.275 e. The van der Waals surface area contributed by atoms with Gasteiger partial charge in [-0.05, 0) is 18.2 Å². The third kappa shape index (κ3) is 4.37. The molecule has 2 rings (SSSR count). The van der Waals surface area contributed by atoms with Crippen molar-refractivity contribution in [3.63, 3.8) is 0 Å². The topological polar surface area (TPSA) is 78.4 Å². The maximum absolute atomic E-state index is 12.3. The van der Waals surface area contributed by atoms with Gasteiger partial charge in [-0.3, -0.25) is 4.79 Å². The Morgan fingerprint density at radius 1 is 0.962 bits per heavy atom. The van der Waals surface area contributed by atoms with Gasteiger partial charge in [0.25, 0.3) is 5.91 Å². The van der Waals surface area contributed by atoms with Gasteiger partial charge in [0.1, 0.15) is 11.5 Å². The molecule has 0 atom stereocenters. The molecule has 2 aromatic carbocycles. The lowest BCUT2D eigenvalue weighted by atomic mass is 10.2. The Morgan fingerprint density at radius 2 is 1.62 bits per heavy atom. The van der Waals surface area contributed by atoms with Crippen molar-refractivity contribution in [2.45, 2.75) is 0 Å². The molecule has 0 fully saturated rings. The molecule has 0 aliphatic rings. The van der Waals surface area contributed by atoms with Gasteiger partial charge in [-0.1, -0.05) is 11.6 Å². The summed E-state index contributed by atoms with van der Waals surface area (Å²) in [6, 6.07) is 8.13. The molecule has 1 N–H and O–H groups in total. The minimum absolute atomic E-state index is 0.323. The summed E-state index contributed by atoms with van der Waals surface area (Å²) in [5.41, 5.74) is 3.32. The lowest BCUT2D eigenvalue weighted by molar-refractivity contribution is 0.0952. The van der Waals surface area contributed by atoms with Crippen molar-refractivity contribution in [3.05, 3.63) is 46.5 Å². The number of nitrogens with one attached hydrogen (secondary N) is 1. The second-order valence-electron chi connectivity index (χ2n) is 4.99. The molecule has 0 aromatic heterocycles. The molecule has 0 spiro atoms. The van der Waals surface area contributed by atoms with Crippen LogP contribution in [0.1, 0.15) is 15.9 Å². The van der Waals surface area contributed by atoms with E-state index in [9.17, 15) is 4.79 Å². The SMILES string of the molecule is COc1ccc(C(=O)N/N=C\c2cc(OC)c(OC)cc2Cl)c(OC)c1. The molecule has 0 saturated heterocycles. The summed E-state index contributed by atoms with van der Waals surface area (Å²) >= 11 is 6.18. The van der Waals surface area contributed by atoms with E-state index in [4.69, 9.17) is 30.5 Å². The van der Waals surface area contributed by atoms with Gasteiger partial charge in [-0.2, -0.15) is 5.10 Å². The lowest BCUT2D eigenvalue weighted by Crippen LogP contribution is -2.18. The average Bonchev–Trinajstić information content (AvgIpc) is 2.67. The van der Waals surface area contributed by atoms with Crippen LogP contribution in [0, 0.1) is 0 Å². The number of amides is 1. The van der Waals surface area contributed by atoms with E-state index in [0.717, 1.165) is 0 Å². The molecular formula is C18H19ClN2O5. The first-order valence-corrected chi connectivity index (χ1v) is 7.88. The van der Waals surface area contributed by atoms with E-state index in [1.807, 2.05) is 0 Å². The number of hydrogen-bond acceptors (Lipinski definition) is 6. The first kappa shape index (κ1) is 19.4. The minimum Gasteiger partial charge on any atom is -0.497 e. The molecule has 1 amide bonds. The highest BCUT2D eigenvalue weighted by atomic mass is 35.5. The number of benzene rings is 2. The summed E-state index contributed by atoms with van der Waals surface area (Å²) in [5, 5.41) is 4.34. The van der Waals surface area contributed by atoms with Crippen LogP contribution in [-0.4, -0.2) is 40.6 Å². The second kappa shape index (κ2) is 8.96. The first-order valence-electron chi connectivity index (χ1n) is 7.51. The Hall–Kier alpha value is -2.93. The van der Waals surface area contributed by atoms with E-state index < -0.39 is 5.91 Å². The van der Waals surface area contributed by atoms with E-state index in [1.165, 1.54) is 34.7 Å². The van der Waals surface area contributed by atoms with Gasteiger partial charge < -0.3 is 18.9 Å². The van der Waals surface area contributed by atoms with Crippen LogP contribution in [-0.2, 0) is 0 Å². The molecule has 138 valence electrons. The zero-order chi connectivity index (χ0) is 19.1. The number of rotatable bonds is 7. The van der Waals surface area contributed by atoms with Crippen molar-refractivity contribution < 1.29 is 23.7 Å². The number of hydrazone groups is 1. The maximum Gasteiger partial charge on any atom is 0.275 e. The molecule has 0 heterocycles. The summed E-state index contributed by atoms with van der Waals surface area (Å²) in [4.78, 5) is 12.3. The number of nitrogens with zero attached hydrogens (tertiary/aromatic N) is 1. The van der Waals surface area contributed by atoms with Crippen LogP contribution in [0.25, 0.3) is 0 Å². The van der Waals surface area contributed by atoms with Gasteiger partial charge in [0.2, 0.25) is 0 Å². The fraction of sp³-hybridized carbons (Fsp3) is 0.222. The number of halogens is 1. The van der Waals surface area contributed by atoms with Crippen molar-refractivity contribution in [1.29, 1.82) is 0 Å². The standard InChI is InChI=1S/C18H19ClN2O5/c1-23-12-5-6-13(15(8-12)24-2)18(22)21-20-10-11-7-16(25-3)17(26-4)9-14(11)19/h5-10H,1-4H3,(H,21,22)/b20-10-. The Morgan fingerprint density at radius 3 is 2.23 bits per heavy atom. The van der Waals surface area contributed by atoms with Gasteiger partial charge in [-0.15, -0.1) is 0 Å². The quantitative estimate of drug-likeness (QED) is 0.591. The largest absolute Gasteiger partial charge is 0.497 e. The highest BCUT2D eigenvalue weighted by molar-refractivity contribution is 6.33. The van der Waals surface area contributed by atoms with Crippen LogP contribution in [0.3, 0.4) is 0 Å². The predicted molar refractivity (Wildman–Crippen MR) is 99.2 cm³/mol. The Bertz CT molecular complexity index is 823. The first-order chi connectivity index (χ1) is 12.5. The fourth-order valence-electron chi connectivity index (χ4n) is 2.18. The number of carbonyl (C=O) groups is 1. The highest BCUT2D eigenvalue weighted by Crippen LogP contribution is 2.32. The number of ether oxygens (including phenoxy) is 4. The monoisotopic (exact) mass is 378 g/mol. The van der Waals surface area contributed by atoms with Crippen LogP contribution >= 0.6 is 11.6 Å². The third-order valence-corrected chi connectivity index (χ3v) is 3.85. The van der Waals surface area contributed by atoms with Gasteiger partial charge >= 0.3 is 0 Å². The molecule has 0 saturated carbocycles. The summed E-state index contributed by atoms with van der Waals surface area (Å²) in [6.45, 7) is 0. The van der Waals surface area contributed by atoms with E-state index >= 15 is 0 Å². The molecule has 7 nitrogen and oxygen atoms in total. The van der Waals surface area contributed by atoms with E-state index in [-0.39, 0.29) is 0 Å². The van der Waals surface area contributed by atoms with E-state index in [0.29, 0.717) is 39.1 Å². The van der Waals surface area contributed by atoms with Gasteiger partial charge in [0, 0.05) is 17.7 Å². The lowest BCUT2D eigenvalue weighted by Gasteiger charge is -2.10. The number of methoxy groups -OCH3 is 4. The van der Waals surface area contributed by atoms with Crippen LogP contribution in [0.2, 0.25) is 5.02 Å². The summed E-state index contributed by atoms with van der Waals surface area (Å²) in [5.74, 6) is 1.53. The molecule has 0 bridgehead atoms. The average molecular weight is 379 g/mol. The van der Waals surface area contributed by atoms with Crippen LogP contribution in [0.5, 0.6) is 23.0 Å².